The zero-order valence-corrected chi connectivity index (χ0v) is 10.6. The second kappa shape index (κ2) is 5.64. The quantitative estimate of drug-likeness (QED) is 0.664. The van der Waals surface area contributed by atoms with Crippen molar-refractivity contribution in [3.05, 3.63) is 0 Å². The Morgan fingerprint density at radius 1 is 1.50 bits per heavy atom. The maximum atomic E-state index is 10.4. The molecule has 16 heavy (non-hydrogen) atoms. The Balaban J connectivity index is 2.12. The first-order valence-corrected chi connectivity index (χ1v) is 6.00. The number of primary amides is 1. The lowest BCUT2D eigenvalue weighted by Gasteiger charge is -2.18. The van der Waals surface area contributed by atoms with Gasteiger partial charge in [-0.25, -0.2) is 0 Å². The van der Waals surface area contributed by atoms with E-state index >= 15 is 0 Å². The fourth-order valence-corrected chi connectivity index (χ4v) is 2.66. The van der Waals surface area contributed by atoms with Crippen LogP contribution in [0.5, 0.6) is 0 Å². The van der Waals surface area contributed by atoms with Crippen LogP contribution in [0.2, 0.25) is 0 Å². The third kappa shape index (κ3) is 4.49. The molecule has 0 radical (unpaired) electrons. The minimum absolute atomic E-state index is 0.0212. The third-order valence-corrected chi connectivity index (χ3v) is 3.23. The summed E-state index contributed by atoms with van der Waals surface area (Å²) in [5.41, 5.74) is 5.42. The average Bonchev–Trinajstić information content (AvgIpc) is 2.38. The molecule has 1 saturated carbocycles. The second-order valence-electron chi connectivity index (χ2n) is 5.63. The average molecular weight is 228 g/mol. The van der Waals surface area contributed by atoms with Gasteiger partial charge in [0.15, 0.2) is 0 Å². The predicted molar refractivity (Wildman–Crippen MR) is 64.0 cm³/mol. The molecule has 94 valence electrons. The number of carbonyl (C=O) groups excluding carboxylic acids is 1. The van der Waals surface area contributed by atoms with Crippen molar-refractivity contribution in [3.63, 3.8) is 0 Å². The first kappa shape index (κ1) is 13.5. The summed E-state index contributed by atoms with van der Waals surface area (Å²) >= 11 is 0. The molecule has 0 aromatic heterocycles. The van der Waals surface area contributed by atoms with Crippen molar-refractivity contribution in [1.29, 1.82) is 0 Å². The Kier molecular flexibility index (Phi) is 4.74. The molecule has 3 N–H and O–H groups in total. The van der Waals surface area contributed by atoms with Crippen molar-refractivity contribution in [2.45, 2.75) is 39.7 Å². The molecule has 4 nitrogen and oxygen atoms in total. The van der Waals surface area contributed by atoms with Gasteiger partial charge in [0.2, 0.25) is 5.91 Å². The van der Waals surface area contributed by atoms with E-state index < -0.39 is 5.91 Å². The Labute approximate surface area is 97.9 Å². The number of amides is 1. The topological polar surface area (TPSA) is 64.3 Å². The van der Waals surface area contributed by atoms with Gasteiger partial charge in [0.05, 0.1) is 6.61 Å². The van der Waals surface area contributed by atoms with Crippen molar-refractivity contribution < 1.29 is 9.53 Å². The Morgan fingerprint density at radius 2 is 2.19 bits per heavy atom. The standard InChI is InChI=1S/C12H24N2O2/c1-9-6-12(2,3)7-10(9)14-4-5-16-8-11(13)15/h9-10,14H,4-8H2,1-3H3,(H2,13,15). The Morgan fingerprint density at radius 3 is 2.69 bits per heavy atom. The van der Waals surface area contributed by atoms with Crippen molar-refractivity contribution >= 4 is 5.91 Å². The third-order valence-electron chi connectivity index (χ3n) is 3.23. The van der Waals surface area contributed by atoms with Crippen LogP contribution in [0.25, 0.3) is 0 Å². The van der Waals surface area contributed by atoms with Gasteiger partial charge in [-0.1, -0.05) is 20.8 Å². The molecule has 0 heterocycles. The molecule has 1 rings (SSSR count). The highest BCUT2D eigenvalue weighted by Crippen LogP contribution is 2.40. The van der Waals surface area contributed by atoms with Gasteiger partial charge in [0.1, 0.15) is 6.61 Å². The van der Waals surface area contributed by atoms with Crippen molar-refractivity contribution in [2.75, 3.05) is 19.8 Å². The van der Waals surface area contributed by atoms with E-state index in [0.29, 0.717) is 24.0 Å². The number of ether oxygens (including phenoxy) is 1. The Hall–Kier alpha value is -0.610. The van der Waals surface area contributed by atoms with Crippen LogP contribution in [0, 0.1) is 11.3 Å². The van der Waals surface area contributed by atoms with Crippen LogP contribution in [-0.2, 0) is 9.53 Å². The van der Waals surface area contributed by atoms with E-state index in [-0.39, 0.29) is 6.61 Å². The molecule has 2 unspecified atom stereocenters. The van der Waals surface area contributed by atoms with Gasteiger partial charge in [0.25, 0.3) is 0 Å². The van der Waals surface area contributed by atoms with Crippen molar-refractivity contribution in [2.24, 2.45) is 17.1 Å². The molecule has 1 aliphatic rings. The molecule has 4 heteroatoms. The Bertz CT molecular complexity index is 241. The molecular formula is C12H24N2O2. The normalized spacial score (nSPS) is 28.2. The number of carbonyl (C=O) groups is 1. The summed E-state index contributed by atoms with van der Waals surface area (Å²) in [6.45, 7) is 8.28. The van der Waals surface area contributed by atoms with Gasteiger partial charge in [-0.05, 0) is 24.2 Å². The lowest BCUT2D eigenvalue weighted by Crippen LogP contribution is -2.34. The van der Waals surface area contributed by atoms with E-state index in [1.165, 1.54) is 12.8 Å². The predicted octanol–water partition coefficient (Wildman–Crippen LogP) is 0.903. The summed E-state index contributed by atoms with van der Waals surface area (Å²) in [7, 11) is 0. The highest BCUT2D eigenvalue weighted by Gasteiger charge is 2.35. The highest BCUT2D eigenvalue weighted by atomic mass is 16.5. The molecule has 0 spiro atoms. The van der Waals surface area contributed by atoms with E-state index in [4.69, 9.17) is 10.5 Å². The van der Waals surface area contributed by atoms with Crippen molar-refractivity contribution in [3.8, 4) is 0 Å². The van der Waals surface area contributed by atoms with E-state index in [0.717, 1.165) is 6.54 Å². The summed E-state index contributed by atoms with van der Waals surface area (Å²) in [6.07, 6.45) is 2.48. The lowest BCUT2D eigenvalue weighted by molar-refractivity contribution is -0.122. The van der Waals surface area contributed by atoms with Crippen LogP contribution in [0.15, 0.2) is 0 Å². The maximum Gasteiger partial charge on any atom is 0.243 e. The van der Waals surface area contributed by atoms with Gasteiger partial charge >= 0.3 is 0 Å². The zero-order valence-electron chi connectivity index (χ0n) is 10.6. The van der Waals surface area contributed by atoms with Crippen LogP contribution < -0.4 is 11.1 Å². The largest absolute Gasteiger partial charge is 0.370 e. The van der Waals surface area contributed by atoms with E-state index in [1.807, 2.05) is 0 Å². The smallest absolute Gasteiger partial charge is 0.243 e. The van der Waals surface area contributed by atoms with Gasteiger partial charge in [0, 0.05) is 12.6 Å². The molecular weight excluding hydrogens is 204 g/mol. The lowest BCUT2D eigenvalue weighted by atomic mass is 9.91. The van der Waals surface area contributed by atoms with Crippen LogP contribution >= 0.6 is 0 Å². The minimum Gasteiger partial charge on any atom is -0.370 e. The zero-order chi connectivity index (χ0) is 12.2. The van der Waals surface area contributed by atoms with Gasteiger partial charge in [-0.15, -0.1) is 0 Å². The summed E-state index contributed by atoms with van der Waals surface area (Å²) in [4.78, 5) is 10.4. The van der Waals surface area contributed by atoms with Crippen LogP contribution in [0.3, 0.4) is 0 Å². The molecule has 0 aromatic rings. The fourth-order valence-electron chi connectivity index (χ4n) is 2.66. The molecule has 0 aliphatic heterocycles. The summed E-state index contributed by atoms with van der Waals surface area (Å²) < 4.78 is 5.11. The number of hydrogen-bond donors (Lipinski definition) is 2. The van der Waals surface area contributed by atoms with Crippen LogP contribution in [-0.4, -0.2) is 31.7 Å². The SMILES string of the molecule is CC1CC(C)(C)CC1NCCOCC(N)=O. The number of rotatable bonds is 6. The summed E-state index contributed by atoms with van der Waals surface area (Å²) in [5, 5.41) is 3.48. The number of nitrogens with two attached hydrogens (primary N) is 1. The summed E-state index contributed by atoms with van der Waals surface area (Å²) in [5.74, 6) is 0.307. The molecule has 0 saturated heterocycles. The number of hydrogen-bond acceptors (Lipinski definition) is 3. The summed E-state index contributed by atoms with van der Waals surface area (Å²) in [6, 6.07) is 0.576. The van der Waals surface area contributed by atoms with Gasteiger partial charge in [-0.2, -0.15) is 0 Å². The fraction of sp³-hybridized carbons (Fsp3) is 0.917. The van der Waals surface area contributed by atoms with Gasteiger partial charge in [-0.3, -0.25) is 4.79 Å². The molecule has 0 bridgehead atoms. The first-order chi connectivity index (χ1) is 7.41. The van der Waals surface area contributed by atoms with E-state index in [2.05, 4.69) is 26.1 Å². The monoisotopic (exact) mass is 228 g/mol. The molecule has 2 atom stereocenters. The van der Waals surface area contributed by atoms with Crippen molar-refractivity contribution in [1.82, 2.24) is 5.32 Å². The minimum atomic E-state index is -0.407. The molecule has 1 fully saturated rings. The number of nitrogens with one attached hydrogen (secondary N) is 1. The molecule has 1 amide bonds. The van der Waals surface area contributed by atoms with E-state index in [9.17, 15) is 4.79 Å². The van der Waals surface area contributed by atoms with E-state index in [1.54, 1.807) is 0 Å². The molecule has 0 aromatic carbocycles. The highest BCUT2D eigenvalue weighted by molar-refractivity contribution is 5.74. The van der Waals surface area contributed by atoms with Gasteiger partial charge < -0.3 is 15.8 Å². The van der Waals surface area contributed by atoms with Crippen LogP contribution in [0.4, 0.5) is 0 Å². The first-order valence-electron chi connectivity index (χ1n) is 6.00. The second-order valence-corrected chi connectivity index (χ2v) is 5.63. The molecule has 1 aliphatic carbocycles. The maximum absolute atomic E-state index is 10.4. The van der Waals surface area contributed by atoms with Crippen LogP contribution in [0.1, 0.15) is 33.6 Å².